The smallest absolute Gasteiger partial charge is 0.129 e. The first-order valence-corrected chi connectivity index (χ1v) is 5.44. The predicted molar refractivity (Wildman–Crippen MR) is 59.5 cm³/mol. The molecule has 0 fully saturated rings. The van der Waals surface area contributed by atoms with Gasteiger partial charge in [0, 0.05) is 19.2 Å². The van der Waals surface area contributed by atoms with Crippen molar-refractivity contribution in [3.63, 3.8) is 0 Å². The quantitative estimate of drug-likeness (QED) is 0.616. The molecular weight excluding hydrogens is 279 g/mol. The molecule has 0 N–H and O–H groups in total. The fourth-order valence-electron chi connectivity index (χ4n) is 1.11. The van der Waals surface area contributed by atoms with Crippen molar-refractivity contribution < 1.29 is 4.79 Å². The second-order valence-corrected chi connectivity index (χ2v) is 4.33. The molecule has 0 aliphatic carbocycles. The number of unbranched alkanes of at least 4 members (excludes halogenated alkanes) is 1. The fraction of sp³-hybridized carbons (Fsp3) is 0.556. The number of hydrogen-bond donors (Lipinski definition) is 0. The van der Waals surface area contributed by atoms with E-state index in [4.69, 9.17) is 0 Å². The number of Topliss-reactive ketones (excluding diaryl/α,β-unsaturated/α-hetero) is 1. The summed E-state index contributed by atoms with van der Waals surface area (Å²) in [6.45, 7) is 2.55. The Bertz CT molecular complexity index is 283. The van der Waals surface area contributed by atoms with Crippen LogP contribution in [0.5, 0.6) is 0 Å². The van der Waals surface area contributed by atoms with E-state index in [-0.39, 0.29) is 5.78 Å². The molecule has 0 radical (unpaired) electrons. The van der Waals surface area contributed by atoms with Gasteiger partial charge >= 0.3 is 0 Å². The van der Waals surface area contributed by atoms with E-state index in [0.29, 0.717) is 6.42 Å². The Morgan fingerprint density at radius 3 is 2.92 bits per heavy atom. The molecular formula is C9H13IN2O. The lowest BCUT2D eigenvalue weighted by molar-refractivity contribution is -0.117. The number of aryl methyl sites for hydroxylation is 1. The number of rotatable bonds is 5. The van der Waals surface area contributed by atoms with Gasteiger partial charge in [-0.2, -0.15) is 5.10 Å². The highest BCUT2D eigenvalue weighted by molar-refractivity contribution is 14.1. The molecule has 3 nitrogen and oxygen atoms in total. The average molecular weight is 292 g/mol. The van der Waals surface area contributed by atoms with Gasteiger partial charge < -0.3 is 4.79 Å². The number of aromatic nitrogens is 2. The minimum atomic E-state index is 0.273. The second-order valence-electron chi connectivity index (χ2n) is 3.08. The highest BCUT2D eigenvalue weighted by Crippen LogP contribution is 2.03. The van der Waals surface area contributed by atoms with Crippen LogP contribution in [0.1, 0.15) is 26.2 Å². The first-order valence-electron chi connectivity index (χ1n) is 4.36. The minimum absolute atomic E-state index is 0.273. The Morgan fingerprint density at radius 1 is 1.62 bits per heavy atom. The molecule has 4 heteroatoms. The van der Waals surface area contributed by atoms with Crippen LogP contribution in [0, 0.1) is 3.57 Å². The van der Waals surface area contributed by atoms with E-state index >= 15 is 0 Å². The largest absolute Gasteiger partial charge is 0.300 e. The van der Waals surface area contributed by atoms with Crippen LogP contribution in [0.15, 0.2) is 12.4 Å². The maximum absolute atomic E-state index is 10.6. The van der Waals surface area contributed by atoms with Gasteiger partial charge in [-0.15, -0.1) is 0 Å². The summed E-state index contributed by atoms with van der Waals surface area (Å²) in [7, 11) is 0. The third-order valence-electron chi connectivity index (χ3n) is 1.77. The molecule has 0 bridgehead atoms. The van der Waals surface area contributed by atoms with Crippen LogP contribution in [0.25, 0.3) is 0 Å². The molecule has 13 heavy (non-hydrogen) atoms. The van der Waals surface area contributed by atoms with E-state index in [1.54, 1.807) is 6.92 Å². The van der Waals surface area contributed by atoms with Crippen molar-refractivity contribution in [2.75, 3.05) is 0 Å². The maximum atomic E-state index is 10.6. The Morgan fingerprint density at radius 2 is 2.38 bits per heavy atom. The summed E-state index contributed by atoms with van der Waals surface area (Å²) in [6, 6.07) is 0. The summed E-state index contributed by atoms with van der Waals surface area (Å²) in [5.74, 6) is 0.273. The van der Waals surface area contributed by atoms with Crippen molar-refractivity contribution in [3.8, 4) is 0 Å². The monoisotopic (exact) mass is 292 g/mol. The lowest BCUT2D eigenvalue weighted by Gasteiger charge is -1.99. The van der Waals surface area contributed by atoms with Crippen LogP contribution >= 0.6 is 22.6 Å². The molecule has 72 valence electrons. The molecule has 0 saturated heterocycles. The van der Waals surface area contributed by atoms with E-state index < -0.39 is 0 Å². The van der Waals surface area contributed by atoms with Crippen LogP contribution < -0.4 is 0 Å². The number of ketones is 1. The number of halogens is 1. The van der Waals surface area contributed by atoms with E-state index in [9.17, 15) is 4.79 Å². The number of carbonyl (C=O) groups excluding carboxylic acids is 1. The van der Waals surface area contributed by atoms with Crippen LogP contribution in [0.3, 0.4) is 0 Å². The predicted octanol–water partition coefficient (Wildman–Crippen LogP) is 2.25. The molecule has 0 unspecified atom stereocenters. The molecule has 1 heterocycles. The normalized spacial score (nSPS) is 10.3. The van der Waals surface area contributed by atoms with E-state index in [0.717, 1.165) is 23.0 Å². The van der Waals surface area contributed by atoms with Gasteiger partial charge in [0.1, 0.15) is 5.78 Å². The van der Waals surface area contributed by atoms with Gasteiger partial charge in [-0.05, 0) is 42.4 Å². The van der Waals surface area contributed by atoms with Crippen molar-refractivity contribution in [1.29, 1.82) is 0 Å². The molecule has 0 aliphatic rings. The third kappa shape index (κ3) is 4.40. The Kier molecular flexibility index (Phi) is 4.41. The summed E-state index contributed by atoms with van der Waals surface area (Å²) in [5, 5.41) is 4.16. The maximum Gasteiger partial charge on any atom is 0.129 e. The van der Waals surface area contributed by atoms with E-state index in [2.05, 4.69) is 27.7 Å². The van der Waals surface area contributed by atoms with Crippen molar-refractivity contribution >= 4 is 28.4 Å². The molecule has 0 atom stereocenters. The highest BCUT2D eigenvalue weighted by atomic mass is 127. The van der Waals surface area contributed by atoms with Gasteiger partial charge in [0.15, 0.2) is 0 Å². The van der Waals surface area contributed by atoms with E-state index in [1.165, 1.54) is 0 Å². The molecule has 0 spiro atoms. The highest BCUT2D eigenvalue weighted by Gasteiger charge is 1.96. The molecule has 0 saturated carbocycles. The molecule has 1 aromatic rings. The summed E-state index contributed by atoms with van der Waals surface area (Å²) in [4.78, 5) is 10.6. The van der Waals surface area contributed by atoms with Gasteiger partial charge in [-0.25, -0.2) is 0 Å². The van der Waals surface area contributed by atoms with Crippen molar-refractivity contribution in [2.45, 2.75) is 32.7 Å². The lowest BCUT2D eigenvalue weighted by atomic mass is 10.2. The molecule has 0 aliphatic heterocycles. The van der Waals surface area contributed by atoms with Crippen LogP contribution in [0.2, 0.25) is 0 Å². The van der Waals surface area contributed by atoms with Crippen LogP contribution in [-0.4, -0.2) is 15.6 Å². The topological polar surface area (TPSA) is 34.9 Å². The van der Waals surface area contributed by atoms with Crippen molar-refractivity contribution in [1.82, 2.24) is 9.78 Å². The summed E-state index contributed by atoms with van der Waals surface area (Å²) in [6.07, 6.45) is 6.53. The van der Waals surface area contributed by atoms with Gasteiger partial charge in [-0.1, -0.05) is 0 Å². The first kappa shape index (κ1) is 10.7. The average Bonchev–Trinajstić information content (AvgIpc) is 2.45. The Hall–Kier alpha value is -0.390. The zero-order valence-electron chi connectivity index (χ0n) is 7.66. The van der Waals surface area contributed by atoms with Crippen molar-refractivity contribution in [3.05, 3.63) is 16.0 Å². The first-order chi connectivity index (χ1) is 6.18. The fourth-order valence-corrected chi connectivity index (χ4v) is 1.55. The van der Waals surface area contributed by atoms with Crippen molar-refractivity contribution in [2.24, 2.45) is 0 Å². The summed E-state index contributed by atoms with van der Waals surface area (Å²) in [5.41, 5.74) is 0. The lowest BCUT2D eigenvalue weighted by Crippen LogP contribution is -1.99. The van der Waals surface area contributed by atoms with Gasteiger partial charge in [0.2, 0.25) is 0 Å². The standard InChI is InChI=1S/C9H13IN2O/c1-8(13)4-2-3-5-12-7-9(10)6-11-12/h6-7H,2-5H2,1H3. The third-order valence-corrected chi connectivity index (χ3v) is 2.32. The minimum Gasteiger partial charge on any atom is -0.300 e. The van der Waals surface area contributed by atoms with Gasteiger partial charge in [0.05, 0.1) is 9.77 Å². The Balaban J connectivity index is 2.16. The summed E-state index contributed by atoms with van der Waals surface area (Å²) < 4.78 is 3.08. The molecule has 1 aromatic heterocycles. The van der Waals surface area contributed by atoms with Crippen LogP contribution in [-0.2, 0) is 11.3 Å². The van der Waals surface area contributed by atoms with Gasteiger partial charge in [0.25, 0.3) is 0 Å². The number of hydrogen-bond acceptors (Lipinski definition) is 2. The molecule has 1 rings (SSSR count). The number of carbonyl (C=O) groups is 1. The zero-order valence-corrected chi connectivity index (χ0v) is 9.82. The molecule has 0 amide bonds. The SMILES string of the molecule is CC(=O)CCCCn1cc(I)cn1. The second kappa shape index (κ2) is 5.36. The van der Waals surface area contributed by atoms with Gasteiger partial charge in [-0.3, -0.25) is 4.68 Å². The summed E-state index contributed by atoms with van der Waals surface area (Å²) >= 11 is 2.23. The van der Waals surface area contributed by atoms with Crippen LogP contribution in [0.4, 0.5) is 0 Å². The van der Waals surface area contributed by atoms with E-state index in [1.807, 2.05) is 17.1 Å². The zero-order chi connectivity index (χ0) is 9.68. The molecule has 0 aromatic carbocycles. The Labute approximate surface area is 91.7 Å². The number of nitrogens with zero attached hydrogens (tertiary/aromatic N) is 2.